The van der Waals surface area contributed by atoms with Crippen molar-refractivity contribution < 1.29 is 0 Å². The Morgan fingerprint density at radius 3 is 2.18 bits per heavy atom. The third kappa shape index (κ3) is 3.17. The summed E-state index contributed by atoms with van der Waals surface area (Å²) in [6, 6.07) is 15.9. The van der Waals surface area contributed by atoms with Crippen LogP contribution >= 0.6 is 11.8 Å². The van der Waals surface area contributed by atoms with Gasteiger partial charge in [-0.25, -0.2) is 0 Å². The van der Waals surface area contributed by atoms with Gasteiger partial charge in [0.25, 0.3) is 0 Å². The fourth-order valence-electron chi connectivity index (χ4n) is 1.64. The number of thioether (sulfide) groups is 1. The Labute approximate surface area is 106 Å². The van der Waals surface area contributed by atoms with E-state index in [0.717, 1.165) is 28.4 Å². The van der Waals surface area contributed by atoms with Gasteiger partial charge < -0.3 is 11.5 Å². The van der Waals surface area contributed by atoms with Crippen LogP contribution in [-0.2, 0) is 6.42 Å². The molecule has 0 amide bonds. The molecule has 2 aromatic rings. The molecule has 2 aromatic carbocycles. The van der Waals surface area contributed by atoms with Gasteiger partial charge in [-0.3, -0.25) is 0 Å². The molecule has 4 N–H and O–H groups in total. The van der Waals surface area contributed by atoms with E-state index < -0.39 is 0 Å². The lowest BCUT2D eigenvalue weighted by Crippen LogP contribution is -1.96. The van der Waals surface area contributed by atoms with E-state index in [1.54, 1.807) is 11.8 Å². The van der Waals surface area contributed by atoms with Gasteiger partial charge in [-0.1, -0.05) is 30.3 Å². The van der Waals surface area contributed by atoms with E-state index in [1.165, 1.54) is 5.56 Å². The largest absolute Gasteiger partial charge is 0.399 e. The number of nitrogens with two attached hydrogens (primary N) is 2. The Kier molecular flexibility index (Phi) is 3.94. The fraction of sp³-hybridized carbons (Fsp3) is 0.143. The van der Waals surface area contributed by atoms with E-state index in [1.807, 2.05) is 42.5 Å². The average molecular weight is 244 g/mol. The molecule has 0 saturated heterocycles. The van der Waals surface area contributed by atoms with Crippen LogP contribution < -0.4 is 11.5 Å². The lowest BCUT2D eigenvalue weighted by Gasteiger charge is -2.06. The number of para-hydroxylation sites is 2. The lowest BCUT2D eigenvalue weighted by molar-refractivity contribution is 1.16. The van der Waals surface area contributed by atoms with Crippen molar-refractivity contribution in [3.05, 3.63) is 54.1 Å². The highest BCUT2D eigenvalue weighted by Gasteiger charge is 2.01. The number of benzene rings is 2. The first-order chi connectivity index (χ1) is 8.27. The highest BCUT2D eigenvalue weighted by molar-refractivity contribution is 7.99. The molecule has 88 valence electrons. The zero-order valence-electron chi connectivity index (χ0n) is 9.60. The fourth-order valence-corrected chi connectivity index (χ4v) is 2.60. The monoisotopic (exact) mass is 244 g/mol. The Balaban J connectivity index is 1.93. The first kappa shape index (κ1) is 11.9. The zero-order chi connectivity index (χ0) is 12.1. The highest BCUT2D eigenvalue weighted by atomic mass is 32.2. The normalized spacial score (nSPS) is 10.4. The summed E-state index contributed by atoms with van der Waals surface area (Å²) >= 11 is 1.77. The van der Waals surface area contributed by atoms with Crippen molar-refractivity contribution >= 4 is 23.1 Å². The maximum atomic E-state index is 5.90. The third-order valence-corrected chi connectivity index (χ3v) is 3.69. The van der Waals surface area contributed by atoms with Crippen LogP contribution in [-0.4, -0.2) is 5.75 Å². The molecule has 0 bridgehead atoms. The van der Waals surface area contributed by atoms with Crippen LogP contribution in [0.2, 0.25) is 0 Å². The van der Waals surface area contributed by atoms with Crippen LogP contribution in [0.3, 0.4) is 0 Å². The molecule has 0 unspecified atom stereocenters. The topological polar surface area (TPSA) is 52.0 Å². The molecule has 0 heterocycles. The summed E-state index contributed by atoms with van der Waals surface area (Å²) in [6.07, 6.45) is 0.964. The van der Waals surface area contributed by atoms with E-state index in [9.17, 15) is 0 Å². The Morgan fingerprint density at radius 2 is 1.47 bits per heavy atom. The molecule has 0 aliphatic carbocycles. The Bertz CT molecular complexity index is 452. The molecule has 0 saturated carbocycles. The van der Waals surface area contributed by atoms with Crippen molar-refractivity contribution in [1.82, 2.24) is 0 Å². The molecular weight excluding hydrogens is 228 g/mol. The van der Waals surface area contributed by atoms with Crippen molar-refractivity contribution in [3.63, 3.8) is 0 Å². The van der Waals surface area contributed by atoms with Crippen molar-refractivity contribution in [2.45, 2.75) is 11.3 Å². The van der Waals surface area contributed by atoms with E-state index in [2.05, 4.69) is 6.07 Å². The first-order valence-corrected chi connectivity index (χ1v) is 6.56. The van der Waals surface area contributed by atoms with Crippen LogP contribution in [0.25, 0.3) is 0 Å². The van der Waals surface area contributed by atoms with Crippen LogP contribution in [0.4, 0.5) is 11.4 Å². The molecule has 17 heavy (non-hydrogen) atoms. The third-order valence-electron chi connectivity index (χ3n) is 2.60. The summed E-state index contributed by atoms with van der Waals surface area (Å²) in [5.74, 6) is 0.989. The molecular formula is C14H16N2S. The maximum absolute atomic E-state index is 5.90. The summed E-state index contributed by atoms with van der Waals surface area (Å²) in [6.45, 7) is 0. The Morgan fingerprint density at radius 1 is 0.824 bits per heavy atom. The summed E-state index contributed by atoms with van der Waals surface area (Å²) in [5.41, 5.74) is 14.7. The molecule has 0 atom stereocenters. The second kappa shape index (κ2) is 5.64. The van der Waals surface area contributed by atoms with Crippen molar-refractivity contribution in [2.75, 3.05) is 17.2 Å². The molecule has 0 fully saturated rings. The van der Waals surface area contributed by atoms with E-state index in [4.69, 9.17) is 11.5 Å². The van der Waals surface area contributed by atoms with Gasteiger partial charge in [0.05, 0.1) is 0 Å². The minimum absolute atomic E-state index is 0.846. The highest BCUT2D eigenvalue weighted by Crippen LogP contribution is 2.25. The minimum Gasteiger partial charge on any atom is -0.399 e. The summed E-state index contributed by atoms with van der Waals surface area (Å²) in [5, 5.41) is 0. The van der Waals surface area contributed by atoms with Gasteiger partial charge in [0.2, 0.25) is 0 Å². The quantitative estimate of drug-likeness (QED) is 0.641. The average Bonchev–Trinajstić information content (AvgIpc) is 2.34. The Hall–Kier alpha value is -1.61. The predicted octanol–water partition coefficient (Wildman–Crippen LogP) is 3.19. The number of nitrogen functional groups attached to an aromatic ring is 2. The van der Waals surface area contributed by atoms with Crippen LogP contribution in [0, 0.1) is 0 Å². The number of hydrogen-bond acceptors (Lipinski definition) is 3. The molecule has 3 heteroatoms. The zero-order valence-corrected chi connectivity index (χ0v) is 10.4. The molecule has 0 radical (unpaired) electrons. The van der Waals surface area contributed by atoms with Crippen LogP contribution in [0.1, 0.15) is 5.56 Å². The smallest absolute Gasteiger partial charge is 0.0452 e. The predicted molar refractivity (Wildman–Crippen MR) is 76.1 cm³/mol. The summed E-state index contributed by atoms with van der Waals surface area (Å²) in [7, 11) is 0. The molecule has 0 aromatic heterocycles. The maximum Gasteiger partial charge on any atom is 0.0452 e. The van der Waals surface area contributed by atoms with Gasteiger partial charge in [0.1, 0.15) is 0 Å². The van der Waals surface area contributed by atoms with Gasteiger partial charge in [0.15, 0.2) is 0 Å². The van der Waals surface area contributed by atoms with E-state index in [-0.39, 0.29) is 0 Å². The lowest BCUT2D eigenvalue weighted by atomic mass is 10.1. The van der Waals surface area contributed by atoms with E-state index >= 15 is 0 Å². The molecule has 0 aliphatic rings. The van der Waals surface area contributed by atoms with E-state index in [0.29, 0.717) is 0 Å². The van der Waals surface area contributed by atoms with Crippen molar-refractivity contribution in [3.8, 4) is 0 Å². The molecule has 2 nitrogen and oxygen atoms in total. The number of rotatable bonds is 4. The standard InChI is InChI=1S/C14H16N2S/c15-12-6-2-1-5-11(12)9-10-17-14-8-4-3-7-13(14)16/h1-8H,9-10,15-16H2. The van der Waals surface area contributed by atoms with Gasteiger partial charge in [-0.15, -0.1) is 11.8 Å². The molecule has 2 rings (SSSR count). The summed E-state index contributed by atoms with van der Waals surface area (Å²) in [4.78, 5) is 1.14. The van der Waals surface area contributed by atoms with Gasteiger partial charge >= 0.3 is 0 Å². The van der Waals surface area contributed by atoms with Crippen LogP contribution in [0.15, 0.2) is 53.4 Å². The number of aryl methyl sites for hydroxylation is 1. The molecule has 0 aliphatic heterocycles. The SMILES string of the molecule is Nc1ccccc1CCSc1ccccc1N. The number of anilines is 2. The second-order valence-electron chi connectivity index (χ2n) is 3.84. The molecule has 0 spiro atoms. The van der Waals surface area contributed by atoms with Gasteiger partial charge in [-0.2, -0.15) is 0 Å². The minimum atomic E-state index is 0.846. The number of hydrogen-bond donors (Lipinski definition) is 2. The van der Waals surface area contributed by atoms with Crippen molar-refractivity contribution in [1.29, 1.82) is 0 Å². The van der Waals surface area contributed by atoms with Crippen LogP contribution in [0.5, 0.6) is 0 Å². The van der Waals surface area contributed by atoms with Gasteiger partial charge in [0, 0.05) is 22.0 Å². The first-order valence-electron chi connectivity index (χ1n) is 5.58. The van der Waals surface area contributed by atoms with Crippen molar-refractivity contribution in [2.24, 2.45) is 0 Å². The second-order valence-corrected chi connectivity index (χ2v) is 4.97. The van der Waals surface area contributed by atoms with Gasteiger partial charge in [-0.05, 0) is 30.2 Å². The summed E-state index contributed by atoms with van der Waals surface area (Å²) < 4.78 is 0.